The Balaban J connectivity index is 2.14. The van der Waals surface area contributed by atoms with Crippen LogP contribution in [-0.2, 0) is 10.8 Å². The van der Waals surface area contributed by atoms with Crippen LogP contribution in [0.25, 0.3) is 32.7 Å². The van der Waals surface area contributed by atoms with Gasteiger partial charge in [-0.3, -0.25) is 0 Å². The molecule has 0 N–H and O–H groups in total. The molecule has 4 aromatic carbocycles. The van der Waals surface area contributed by atoms with Gasteiger partial charge in [-0.1, -0.05) is 102 Å². The first kappa shape index (κ1) is 18.7. The van der Waals surface area contributed by atoms with Gasteiger partial charge in [0.05, 0.1) is 0 Å². The molecule has 0 atom stereocenters. The Morgan fingerprint density at radius 3 is 1.18 bits per heavy atom. The fourth-order valence-corrected chi connectivity index (χ4v) is 3.93. The second kappa shape index (κ2) is 6.48. The van der Waals surface area contributed by atoms with E-state index in [-0.39, 0.29) is 10.8 Å². The molecule has 28 heavy (non-hydrogen) atoms. The molecule has 0 saturated carbocycles. The van der Waals surface area contributed by atoms with Crippen molar-refractivity contribution >= 4 is 21.5 Å². The monoisotopic (exact) mass is 366 g/mol. The normalized spacial score (nSPS) is 12.6. The van der Waals surface area contributed by atoms with Gasteiger partial charge in [0.2, 0.25) is 0 Å². The van der Waals surface area contributed by atoms with Gasteiger partial charge in [0, 0.05) is 0 Å². The highest BCUT2D eigenvalue weighted by atomic mass is 14.2. The van der Waals surface area contributed by atoms with E-state index in [4.69, 9.17) is 0 Å². The molecule has 142 valence electrons. The summed E-state index contributed by atoms with van der Waals surface area (Å²) in [6, 6.07) is 27.1. The molecule has 0 heteroatoms. The van der Waals surface area contributed by atoms with Crippen LogP contribution >= 0.6 is 0 Å². The summed E-state index contributed by atoms with van der Waals surface area (Å²) in [5.41, 5.74) is 5.65. The molecule has 4 rings (SSSR count). The zero-order valence-electron chi connectivity index (χ0n) is 17.9. The Morgan fingerprint density at radius 1 is 0.464 bits per heavy atom. The van der Waals surface area contributed by atoms with E-state index in [0.717, 1.165) is 0 Å². The minimum atomic E-state index is 0.107. The van der Waals surface area contributed by atoms with Crippen LogP contribution in [0.4, 0.5) is 0 Å². The highest BCUT2D eigenvalue weighted by Crippen LogP contribution is 2.40. The molecular weight excluding hydrogens is 336 g/mol. The van der Waals surface area contributed by atoms with Crippen molar-refractivity contribution in [3.63, 3.8) is 0 Å². The van der Waals surface area contributed by atoms with Gasteiger partial charge in [0.15, 0.2) is 0 Å². The second-order valence-corrected chi connectivity index (χ2v) is 9.99. The average molecular weight is 367 g/mol. The first-order valence-electron chi connectivity index (χ1n) is 10.2. The van der Waals surface area contributed by atoms with E-state index in [2.05, 4.69) is 114 Å². The molecule has 0 amide bonds. The fourth-order valence-electron chi connectivity index (χ4n) is 3.93. The highest BCUT2D eigenvalue weighted by molar-refractivity contribution is 6.06. The van der Waals surface area contributed by atoms with E-state index in [1.165, 1.54) is 43.8 Å². The minimum Gasteiger partial charge on any atom is -0.0616 e. The molecule has 0 bridgehead atoms. The lowest BCUT2D eigenvalue weighted by Crippen LogP contribution is -2.12. The van der Waals surface area contributed by atoms with Crippen molar-refractivity contribution in [3.05, 3.63) is 83.9 Å². The Morgan fingerprint density at radius 2 is 0.821 bits per heavy atom. The second-order valence-electron chi connectivity index (χ2n) is 9.99. The molecule has 4 aromatic rings. The van der Waals surface area contributed by atoms with Crippen LogP contribution in [0, 0.1) is 0 Å². The third-order valence-corrected chi connectivity index (χ3v) is 5.75. The lowest BCUT2D eigenvalue weighted by Gasteiger charge is -2.24. The highest BCUT2D eigenvalue weighted by Gasteiger charge is 2.20. The topological polar surface area (TPSA) is 0 Å². The molecule has 0 spiro atoms. The third-order valence-electron chi connectivity index (χ3n) is 5.75. The van der Waals surface area contributed by atoms with Gasteiger partial charge in [-0.2, -0.15) is 0 Å². The van der Waals surface area contributed by atoms with Crippen molar-refractivity contribution in [2.24, 2.45) is 0 Å². The van der Waals surface area contributed by atoms with E-state index in [1.54, 1.807) is 0 Å². The summed E-state index contributed by atoms with van der Waals surface area (Å²) in [6.45, 7) is 13.8. The standard InChI is InChI=1S/C28H30/c1-27(2,3)21-15-19-11-7-9-13-23(19)25(17-21)26-18-22(28(4,5)6)16-20-12-8-10-14-24(20)26/h7-18H,1-6H3. The molecule has 0 nitrogen and oxygen atoms in total. The third kappa shape index (κ3) is 3.33. The van der Waals surface area contributed by atoms with Gasteiger partial charge < -0.3 is 0 Å². The largest absolute Gasteiger partial charge is 0.0616 e. The number of benzene rings is 4. The predicted octanol–water partition coefficient (Wildman–Crippen LogP) is 8.26. The van der Waals surface area contributed by atoms with Crippen LogP contribution < -0.4 is 0 Å². The van der Waals surface area contributed by atoms with Crippen LogP contribution in [0.5, 0.6) is 0 Å². The fraction of sp³-hybridized carbons (Fsp3) is 0.286. The maximum atomic E-state index is 2.41. The Labute approximate surface area is 169 Å². The zero-order chi connectivity index (χ0) is 20.1. The Kier molecular flexibility index (Phi) is 4.34. The zero-order valence-corrected chi connectivity index (χ0v) is 17.9. The van der Waals surface area contributed by atoms with Gasteiger partial charge in [-0.05, 0) is 66.8 Å². The summed E-state index contributed by atoms with van der Waals surface area (Å²) in [7, 11) is 0. The molecule has 0 heterocycles. The number of hydrogen-bond donors (Lipinski definition) is 0. The van der Waals surface area contributed by atoms with Crippen LogP contribution in [0.3, 0.4) is 0 Å². The molecule has 0 aliphatic heterocycles. The molecule has 0 aliphatic carbocycles. The summed E-state index contributed by atoms with van der Waals surface area (Å²) in [4.78, 5) is 0. The van der Waals surface area contributed by atoms with Crippen LogP contribution in [0.2, 0.25) is 0 Å². The van der Waals surface area contributed by atoms with Crippen molar-refractivity contribution < 1.29 is 0 Å². The van der Waals surface area contributed by atoms with Gasteiger partial charge in [-0.25, -0.2) is 0 Å². The molecule has 0 radical (unpaired) electrons. The van der Waals surface area contributed by atoms with E-state index >= 15 is 0 Å². The van der Waals surface area contributed by atoms with E-state index in [1.807, 2.05) is 0 Å². The van der Waals surface area contributed by atoms with Crippen LogP contribution in [-0.4, -0.2) is 0 Å². The molecular formula is C28H30. The van der Waals surface area contributed by atoms with Crippen LogP contribution in [0.15, 0.2) is 72.8 Å². The molecule has 0 saturated heterocycles. The quantitative estimate of drug-likeness (QED) is 0.318. The first-order valence-corrected chi connectivity index (χ1v) is 10.2. The van der Waals surface area contributed by atoms with Crippen molar-refractivity contribution in [2.45, 2.75) is 52.4 Å². The smallest absolute Gasteiger partial charge is 0.00961 e. The van der Waals surface area contributed by atoms with E-state index in [0.29, 0.717) is 0 Å². The summed E-state index contributed by atoms with van der Waals surface area (Å²) < 4.78 is 0. The van der Waals surface area contributed by atoms with E-state index in [9.17, 15) is 0 Å². The van der Waals surface area contributed by atoms with Gasteiger partial charge >= 0.3 is 0 Å². The molecule has 0 aliphatic rings. The van der Waals surface area contributed by atoms with Gasteiger partial charge in [0.25, 0.3) is 0 Å². The van der Waals surface area contributed by atoms with Crippen molar-refractivity contribution in [3.8, 4) is 11.1 Å². The number of rotatable bonds is 1. The van der Waals surface area contributed by atoms with Crippen molar-refractivity contribution in [1.29, 1.82) is 0 Å². The Bertz CT molecular complexity index is 1070. The summed E-state index contributed by atoms with van der Waals surface area (Å²) >= 11 is 0. The summed E-state index contributed by atoms with van der Waals surface area (Å²) in [5, 5.41) is 5.28. The predicted molar refractivity (Wildman–Crippen MR) is 124 cm³/mol. The lowest BCUT2D eigenvalue weighted by atomic mass is 9.80. The average Bonchev–Trinajstić information content (AvgIpc) is 2.65. The van der Waals surface area contributed by atoms with Gasteiger partial charge in [0.1, 0.15) is 0 Å². The first-order chi connectivity index (χ1) is 13.1. The summed E-state index contributed by atoms with van der Waals surface area (Å²) in [5.74, 6) is 0. The SMILES string of the molecule is CC(C)(C)c1cc(-c2cc(C(C)(C)C)cc3ccccc23)c2ccccc2c1. The maximum absolute atomic E-state index is 2.41. The lowest BCUT2D eigenvalue weighted by molar-refractivity contribution is 0.590. The molecule has 0 fully saturated rings. The minimum absolute atomic E-state index is 0.107. The number of hydrogen-bond acceptors (Lipinski definition) is 0. The van der Waals surface area contributed by atoms with Crippen molar-refractivity contribution in [1.82, 2.24) is 0 Å². The summed E-state index contributed by atoms with van der Waals surface area (Å²) in [6.07, 6.45) is 0. The van der Waals surface area contributed by atoms with Gasteiger partial charge in [-0.15, -0.1) is 0 Å². The molecule has 0 aromatic heterocycles. The van der Waals surface area contributed by atoms with E-state index < -0.39 is 0 Å². The maximum Gasteiger partial charge on any atom is -0.00961 e. The number of fused-ring (bicyclic) bond motifs is 2. The molecule has 0 unspecified atom stereocenters. The van der Waals surface area contributed by atoms with Crippen molar-refractivity contribution in [2.75, 3.05) is 0 Å². The Hall–Kier alpha value is -2.60. The van der Waals surface area contributed by atoms with Crippen LogP contribution in [0.1, 0.15) is 52.7 Å².